The average molecular weight is 405 g/mol. The topological polar surface area (TPSA) is 41.6 Å². The number of hydrogen-bond acceptors (Lipinski definition) is 3. The number of alkyl carbamates (subject to hydrolysis) is 1. The van der Waals surface area contributed by atoms with E-state index >= 15 is 0 Å². The van der Waals surface area contributed by atoms with E-state index in [1.54, 1.807) is 6.07 Å². The third kappa shape index (κ3) is 5.16. The van der Waals surface area contributed by atoms with Crippen LogP contribution in [0.15, 0.2) is 42.5 Å². The molecule has 28 heavy (non-hydrogen) atoms. The van der Waals surface area contributed by atoms with Gasteiger partial charge in [-0.05, 0) is 44.9 Å². The normalized spacial score (nSPS) is 16.9. The highest BCUT2D eigenvalue weighted by molar-refractivity contribution is 6.30. The molecule has 1 saturated heterocycles. The summed E-state index contributed by atoms with van der Waals surface area (Å²) in [6, 6.07) is 13.2. The summed E-state index contributed by atoms with van der Waals surface area (Å²) in [4.78, 5) is 14.1. The lowest BCUT2D eigenvalue weighted by Crippen LogP contribution is -2.40. The smallest absolute Gasteiger partial charge is 0.407 e. The highest BCUT2D eigenvalue weighted by Crippen LogP contribution is 2.32. The van der Waals surface area contributed by atoms with E-state index in [0.717, 1.165) is 24.2 Å². The number of nitrogens with zero attached hydrogens (tertiary/aromatic N) is 1. The van der Waals surface area contributed by atoms with Gasteiger partial charge in [0.05, 0.1) is 11.1 Å². The molecule has 0 aliphatic carbocycles. The summed E-state index contributed by atoms with van der Waals surface area (Å²) in [5.41, 5.74) is 1.88. The van der Waals surface area contributed by atoms with Gasteiger partial charge >= 0.3 is 6.09 Å². The minimum atomic E-state index is -0.537. The number of carbonyl (C=O) groups is 1. The first kappa shape index (κ1) is 20.5. The Hall–Kier alpha value is -2.27. The summed E-state index contributed by atoms with van der Waals surface area (Å²) in [6.07, 6.45) is 0.809. The molecule has 2 aromatic carbocycles. The zero-order valence-electron chi connectivity index (χ0n) is 16.5. The molecule has 1 fully saturated rings. The quantitative estimate of drug-likeness (QED) is 0.764. The van der Waals surface area contributed by atoms with Gasteiger partial charge < -0.3 is 15.0 Å². The van der Waals surface area contributed by atoms with Crippen LogP contribution in [0.5, 0.6) is 0 Å². The summed E-state index contributed by atoms with van der Waals surface area (Å²) in [5, 5.41) is 3.03. The maximum absolute atomic E-state index is 14.8. The van der Waals surface area contributed by atoms with Gasteiger partial charge in [0.2, 0.25) is 0 Å². The summed E-state index contributed by atoms with van der Waals surface area (Å²) in [7, 11) is 0. The fraction of sp³-hybridized carbons (Fsp3) is 0.409. The summed E-state index contributed by atoms with van der Waals surface area (Å²) in [5.74, 6) is -0.383. The zero-order chi connectivity index (χ0) is 20.3. The Kier molecular flexibility index (Phi) is 6.14. The molecule has 1 heterocycles. The summed E-state index contributed by atoms with van der Waals surface area (Å²) >= 11 is 6.05. The molecule has 1 amide bonds. The number of rotatable bonds is 4. The van der Waals surface area contributed by atoms with Crippen molar-refractivity contribution in [3.63, 3.8) is 0 Å². The minimum absolute atomic E-state index is 0.0434. The molecular formula is C22H26ClFN2O2. The molecule has 3 rings (SSSR count). The second kappa shape index (κ2) is 8.39. The number of amides is 1. The van der Waals surface area contributed by atoms with Gasteiger partial charge in [-0.15, -0.1) is 0 Å². The molecule has 150 valence electrons. The van der Waals surface area contributed by atoms with E-state index in [-0.39, 0.29) is 16.9 Å². The minimum Gasteiger partial charge on any atom is -0.444 e. The SMILES string of the molecule is CC(C)(C)OC(=O)NC1CCN(c2ccc(Cl)c(F)c2Cc2ccccc2)C1. The van der Waals surface area contributed by atoms with Crippen LogP contribution in [0.4, 0.5) is 14.9 Å². The van der Waals surface area contributed by atoms with Gasteiger partial charge in [-0.3, -0.25) is 0 Å². The summed E-state index contributed by atoms with van der Waals surface area (Å²) < 4.78 is 20.2. The maximum atomic E-state index is 14.8. The first-order valence-electron chi connectivity index (χ1n) is 9.48. The lowest BCUT2D eigenvalue weighted by Gasteiger charge is -2.24. The zero-order valence-corrected chi connectivity index (χ0v) is 17.2. The van der Waals surface area contributed by atoms with Gasteiger partial charge in [0.1, 0.15) is 11.4 Å². The van der Waals surface area contributed by atoms with E-state index in [9.17, 15) is 9.18 Å². The number of halogens is 2. The van der Waals surface area contributed by atoms with Crippen LogP contribution in [0.3, 0.4) is 0 Å². The Morgan fingerprint density at radius 2 is 1.96 bits per heavy atom. The van der Waals surface area contributed by atoms with Gasteiger partial charge in [0, 0.05) is 30.8 Å². The van der Waals surface area contributed by atoms with Crippen LogP contribution in [0, 0.1) is 5.82 Å². The molecule has 1 aliphatic rings. The Balaban J connectivity index is 1.75. The fourth-order valence-corrected chi connectivity index (χ4v) is 3.60. The van der Waals surface area contributed by atoms with Crippen molar-refractivity contribution in [2.45, 2.75) is 45.3 Å². The highest BCUT2D eigenvalue weighted by atomic mass is 35.5. The van der Waals surface area contributed by atoms with E-state index in [1.807, 2.05) is 57.2 Å². The van der Waals surface area contributed by atoms with E-state index < -0.39 is 11.7 Å². The molecule has 1 atom stereocenters. The van der Waals surface area contributed by atoms with E-state index in [0.29, 0.717) is 18.5 Å². The van der Waals surface area contributed by atoms with Crippen LogP contribution in [-0.2, 0) is 11.2 Å². The fourth-order valence-electron chi connectivity index (χ4n) is 3.42. The van der Waals surface area contributed by atoms with Crippen LogP contribution in [0.2, 0.25) is 5.02 Å². The molecule has 1 unspecified atom stereocenters. The molecule has 4 nitrogen and oxygen atoms in total. The van der Waals surface area contributed by atoms with Crippen LogP contribution < -0.4 is 10.2 Å². The van der Waals surface area contributed by atoms with Crippen molar-refractivity contribution in [3.05, 3.63) is 64.4 Å². The molecule has 0 saturated carbocycles. The first-order valence-corrected chi connectivity index (χ1v) is 9.86. The van der Waals surface area contributed by atoms with E-state index in [2.05, 4.69) is 10.2 Å². The Morgan fingerprint density at radius 3 is 2.64 bits per heavy atom. The molecule has 1 aliphatic heterocycles. The lowest BCUT2D eigenvalue weighted by molar-refractivity contribution is 0.0509. The van der Waals surface area contributed by atoms with Crippen molar-refractivity contribution >= 4 is 23.4 Å². The van der Waals surface area contributed by atoms with Crippen LogP contribution in [-0.4, -0.2) is 30.8 Å². The van der Waals surface area contributed by atoms with Crippen molar-refractivity contribution in [2.75, 3.05) is 18.0 Å². The molecule has 0 aromatic heterocycles. The number of hydrogen-bond donors (Lipinski definition) is 1. The molecule has 6 heteroatoms. The second-order valence-corrected chi connectivity index (χ2v) is 8.51. The number of ether oxygens (including phenoxy) is 1. The van der Waals surface area contributed by atoms with Crippen LogP contribution in [0.25, 0.3) is 0 Å². The molecule has 0 bridgehead atoms. The lowest BCUT2D eigenvalue weighted by atomic mass is 10.0. The Labute approximate surface area is 170 Å². The predicted molar refractivity (Wildman–Crippen MR) is 111 cm³/mol. The molecule has 2 aromatic rings. The molecular weight excluding hydrogens is 379 g/mol. The standard InChI is InChI=1S/C22H26ClFN2O2/c1-22(2,3)28-21(27)25-16-11-12-26(14-16)19-10-9-18(23)20(24)17(19)13-15-7-5-4-6-8-15/h4-10,16H,11-14H2,1-3H3,(H,25,27). The van der Waals surface area contributed by atoms with Crippen molar-refractivity contribution in [2.24, 2.45) is 0 Å². The summed E-state index contributed by atoms with van der Waals surface area (Å²) in [6.45, 7) is 6.82. The Bertz CT molecular complexity index is 836. The van der Waals surface area contributed by atoms with Crippen molar-refractivity contribution < 1.29 is 13.9 Å². The van der Waals surface area contributed by atoms with Crippen molar-refractivity contribution in [1.29, 1.82) is 0 Å². The van der Waals surface area contributed by atoms with Crippen molar-refractivity contribution in [3.8, 4) is 0 Å². The largest absolute Gasteiger partial charge is 0.444 e. The van der Waals surface area contributed by atoms with Crippen molar-refractivity contribution in [1.82, 2.24) is 5.32 Å². The predicted octanol–water partition coefficient (Wildman–Crippen LogP) is 5.17. The van der Waals surface area contributed by atoms with E-state index in [1.165, 1.54) is 0 Å². The maximum Gasteiger partial charge on any atom is 0.407 e. The van der Waals surface area contributed by atoms with Gasteiger partial charge in [0.15, 0.2) is 0 Å². The van der Waals surface area contributed by atoms with E-state index in [4.69, 9.17) is 16.3 Å². The number of benzene rings is 2. The Morgan fingerprint density at radius 1 is 1.25 bits per heavy atom. The van der Waals surface area contributed by atoms with Gasteiger partial charge in [-0.2, -0.15) is 0 Å². The first-order chi connectivity index (χ1) is 13.2. The monoisotopic (exact) mass is 404 g/mol. The third-order valence-electron chi connectivity index (χ3n) is 4.64. The molecule has 1 N–H and O–H groups in total. The number of carbonyl (C=O) groups excluding carboxylic acids is 1. The molecule has 0 radical (unpaired) electrons. The number of anilines is 1. The second-order valence-electron chi connectivity index (χ2n) is 8.10. The third-order valence-corrected chi connectivity index (χ3v) is 4.94. The average Bonchev–Trinajstić information content (AvgIpc) is 3.06. The van der Waals surface area contributed by atoms with Gasteiger partial charge in [-0.25, -0.2) is 9.18 Å². The van der Waals surface area contributed by atoms with Gasteiger partial charge in [0.25, 0.3) is 0 Å². The molecule has 0 spiro atoms. The number of nitrogens with one attached hydrogen (secondary N) is 1. The van der Waals surface area contributed by atoms with Crippen LogP contribution >= 0.6 is 11.6 Å². The van der Waals surface area contributed by atoms with Crippen LogP contribution in [0.1, 0.15) is 38.3 Å². The van der Waals surface area contributed by atoms with Gasteiger partial charge in [-0.1, -0.05) is 41.9 Å². The highest BCUT2D eigenvalue weighted by Gasteiger charge is 2.28.